The van der Waals surface area contributed by atoms with E-state index in [2.05, 4.69) is 10.2 Å². The molecule has 0 aliphatic heterocycles. The van der Waals surface area contributed by atoms with Crippen molar-refractivity contribution in [2.45, 2.75) is 25.3 Å². The summed E-state index contributed by atoms with van der Waals surface area (Å²) in [4.78, 5) is 12.2. The van der Waals surface area contributed by atoms with Gasteiger partial charge in [-0.1, -0.05) is 0 Å². The van der Waals surface area contributed by atoms with Gasteiger partial charge >= 0.3 is 5.97 Å². The molecule has 78 valence electrons. The number of aromatic nitrogens is 3. The van der Waals surface area contributed by atoms with E-state index < -0.39 is 5.97 Å². The van der Waals surface area contributed by atoms with Crippen LogP contribution in [0.5, 0.6) is 0 Å². The number of carboxylic acids is 1. The van der Waals surface area contributed by atoms with Gasteiger partial charge < -0.3 is 5.11 Å². The van der Waals surface area contributed by atoms with Crippen molar-refractivity contribution in [3.8, 4) is 6.07 Å². The number of carbonyl (C=O) groups is 1. The molecular formula is C9H10N4O2. The minimum atomic E-state index is -0.759. The molecular weight excluding hydrogens is 196 g/mol. The van der Waals surface area contributed by atoms with E-state index in [-0.39, 0.29) is 17.7 Å². The van der Waals surface area contributed by atoms with Gasteiger partial charge in [0, 0.05) is 0 Å². The van der Waals surface area contributed by atoms with Gasteiger partial charge in [0.05, 0.1) is 18.2 Å². The van der Waals surface area contributed by atoms with Gasteiger partial charge in [-0.25, -0.2) is 0 Å². The summed E-state index contributed by atoms with van der Waals surface area (Å²) >= 11 is 0. The molecule has 15 heavy (non-hydrogen) atoms. The van der Waals surface area contributed by atoms with E-state index >= 15 is 0 Å². The molecule has 0 amide bonds. The average Bonchev–Trinajstić information content (AvgIpc) is 2.86. The van der Waals surface area contributed by atoms with Crippen LogP contribution in [0.25, 0.3) is 0 Å². The summed E-state index contributed by atoms with van der Waals surface area (Å²) in [6, 6.07) is 1.92. The van der Waals surface area contributed by atoms with Crippen molar-refractivity contribution in [3.05, 3.63) is 11.9 Å². The third-order valence-corrected chi connectivity index (χ3v) is 2.70. The lowest BCUT2D eigenvalue weighted by molar-refractivity contribution is -0.141. The molecule has 0 bridgehead atoms. The fourth-order valence-electron chi connectivity index (χ4n) is 1.89. The number of aliphatic carboxylic acids is 1. The Morgan fingerprint density at radius 3 is 3.00 bits per heavy atom. The molecule has 2 unspecified atom stereocenters. The van der Waals surface area contributed by atoms with Crippen LogP contribution in [-0.2, 0) is 4.79 Å². The molecule has 1 fully saturated rings. The van der Waals surface area contributed by atoms with E-state index in [4.69, 9.17) is 10.4 Å². The zero-order valence-electron chi connectivity index (χ0n) is 8.00. The summed E-state index contributed by atoms with van der Waals surface area (Å²) < 4.78 is 0. The first-order valence-electron chi connectivity index (χ1n) is 4.75. The molecule has 1 aromatic rings. The largest absolute Gasteiger partial charge is 0.481 e. The minimum Gasteiger partial charge on any atom is -0.481 e. The minimum absolute atomic E-state index is 0.0215. The second-order valence-electron chi connectivity index (χ2n) is 3.66. The van der Waals surface area contributed by atoms with Gasteiger partial charge in [0.25, 0.3) is 0 Å². The lowest BCUT2D eigenvalue weighted by atomic mass is 10.1. The van der Waals surface area contributed by atoms with E-state index in [0.717, 1.165) is 6.42 Å². The van der Waals surface area contributed by atoms with Gasteiger partial charge in [-0.05, 0) is 19.3 Å². The Kier molecular flexibility index (Phi) is 2.37. The number of nitrogens with zero attached hydrogens (tertiary/aromatic N) is 4. The normalized spacial score (nSPS) is 25.0. The van der Waals surface area contributed by atoms with Gasteiger partial charge in [-0.2, -0.15) is 15.2 Å². The molecule has 1 aromatic heterocycles. The number of hydrogen-bond donors (Lipinski definition) is 1. The Morgan fingerprint density at radius 1 is 1.67 bits per heavy atom. The van der Waals surface area contributed by atoms with Crippen LogP contribution in [0, 0.1) is 17.2 Å². The number of hydrogen-bond acceptors (Lipinski definition) is 4. The maximum atomic E-state index is 10.7. The van der Waals surface area contributed by atoms with Crippen molar-refractivity contribution in [1.82, 2.24) is 15.0 Å². The average molecular weight is 206 g/mol. The van der Waals surface area contributed by atoms with E-state index in [9.17, 15) is 4.79 Å². The number of nitriles is 1. The lowest BCUT2D eigenvalue weighted by Crippen LogP contribution is -2.13. The highest BCUT2D eigenvalue weighted by atomic mass is 16.4. The molecule has 2 rings (SSSR count). The van der Waals surface area contributed by atoms with Crippen molar-refractivity contribution >= 4 is 5.97 Å². The predicted molar refractivity (Wildman–Crippen MR) is 48.8 cm³/mol. The molecule has 6 nitrogen and oxygen atoms in total. The van der Waals surface area contributed by atoms with Crippen LogP contribution in [0.2, 0.25) is 0 Å². The smallest absolute Gasteiger partial charge is 0.306 e. The molecule has 1 heterocycles. The zero-order valence-corrected chi connectivity index (χ0v) is 8.00. The summed E-state index contributed by atoms with van der Waals surface area (Å²) in [6.45, 7) is 0. The fraction of sp³-hybridized carbons (Fsp3) is 0.556. The van der Waals surface area contributed by atoms with E-state index in [1.165, 1.54) is 11.0 Å². The molecule has 0 spiro atoms. The van der Waals surface area contributed by atoms with Gasteiger partial charge in [0.2, 0.25) is 0 Å². The molecule has 0 radical (unpaired) electrons. The van der Waals surface area contributed by atoms with E-state index in [0.29, 0.717) is 12.8 Å². The van der Waals surface area contributed by atoms with Crippen LogP contribution in [0.15, 0.2) is 6.20 Å². The zero-order chi connectivity index (χ0) is 10.8. The van der Waals surface area contributed by atoms with E-state index in [1.807, 2.05) is 6.07 Å². The highest BCUT2D eigenvalue weighted by Crippen LogP contribution is 2.33. The van der Waals surface area contributed by atoms with Crippen LogP contribution in [0.3, 0.4) is 0 Å². The maximum absolute atomic E-state index is 10.7. The maximum Gasteiger partial charge on any atom is 0.306 e. The van der Waals surface area contributed by atoms with Crippen molar-refractivity contribution in [1.29, 1.82) is 5.26 Å². The second kappa shape index (κ2) is 3.69. The molecule has 0 saturated heterocycles. The van der Waals surface area contributed by atoms with Gasteiger partial charge in [0.15, 0.2) is 5.69 Å². The van der Waals surface area contributed by atoms with Crippen LogP contribution < -0.4 is 0 Å². The van der Waals surface area contributed by atoms with Crippen molar-refractivity contribution in [2.75, 3.05) is 0 Å². The molecule has 1 N–H and O–H groups in total. The molecule has 2 atom stereocenters. The van der Waals surface area contributed by atoms with Crippen molar-refractivity contribution in [2.24, 2.45) is 5.92 Å². The van der Waals surface area contributed by atoms with Gasteiger partial charge in [0.1, 0.15) is 6.07 Å². The van der Waals surface area contributed by atoms with Crippen LogP contribution in [0.4, 0.5) is 0 Å². The third kappa shape index (κ3) is 1.81. The Labute approximate surface area is 86.1 Å². The molecule has 0 aromatic carbocycles. The fourth-order valence-corrected chi connectivity index (χ4v) is 1.89. The van der Waals surface area contributed by atoms with Crippen LogP contribution in [0.1, 0.15) is 31.0 Å². The first-order valence-corrected chi connectivity index (χ1v) is 4.75. The highest BCUT2D eigenvalue weighted by molar-refractivity contribution is 5.70. The predicted octanol–water partition coefficient (Wildman–Crippen LogP) is 0.576. The quantitative estimate of drug-likeness (QED) is 0.763. The van der Waals surface area contributed by atoms with Crippen LogP contribution >= 0.6 is 0 Å². The first kappa shape index (κ1) is 9.65. The summed E-state index contributed by atoms with van der Waals surface area (Å²) in [5.41, 5.74) is 0.272. The lowest BCUT2D eigenvalue weighted by Gasteiger charge is -2.07. The SMILES string of the molecule is N#Cc1cnn(C2CCC(C(=O)O)C2)n1. The number of rotatable bonds is 2. The Bertz CT molecular complexity index is 420. The molecule has 1 aliphatic carbocycles. The van der Waals surface area contributed by atoms with Crippen LogP contribution in [-0.4, -0.2) is 26.1 Å². The second-order valence-corrected chi connectivity index (χ2v) is 3.66. The highest BCUT2D eigenvalue weighted by Gasteiger charge is 2.31. The Balaban J connectivity index is 2.08. The monoisotopic (exact) mass is 206 g/mol. The first-order chi connectivity index (χ1) is 7.20. The van der Waals surface area contributed by atoms with E-state index in [1.54, 1.807) is 0 Å². The molecule has 1 saturated carbocycles. The third-order valence-electron chi connectivity index (χ3n) is 2.70. The standard InChI is InChI=1S/C9H10N4O2/c10-4-7-5-11-13(12-7)8-2-1-6(3-8)9(14)15/h5-6,8H,1-3H2,(H,14,15). The summed E-state index contributed by atoms with van der Waals surface area (Å²) in [7, 11) is 0. The Morgan fingerprint density at radius 2 is 2.47 bits per heavy atom. The number of carboxylic acid groups (broad SMARTS) is 1. The topological polar surface area (TPSA) is 91.8 Å². The van der Waals surface area contributed by atoms with Gasteiger partial charge in [-0.15, -0.1) is 5.10 Å². The van der Waals surface area contributed by atoms with Crippen molar-refractivity contribution in [3.63, 3.8) is 0 Å². The van der Waals surface area contributed by atoms with Gasteiger partial charge in [-0.3, -0.25) is 4.79 Å². The summed E-state index contributed by atoms with van der Waals surface area (Å²) in [5, 5.41) is 25.3. The molecule has 1 aliphatic rings. The Hall–Kier alpha value is -1.90. The summed E-state index contributed by atoms with van der Waals surface area (Å²) in [5.74, 6) is -1.06. The molecule has 6 heteroatoms. The summed E-state index contributed by atoms with van der Waals surface area (Å²) in [6.07, 6.45) is 3.36. The van der Waals surface area contributed by atoms with Crippen molar-refractivity contribution < 1.29 is 9.90 Å².